The van der Waals surface area contributed by atoms with E-state index in [1.807, 2.05) is 41.0 Å². The van der Waals surface area contributed by atoms with E-state index in [1.165, 1.54) is 0 Å². The normalized spacial score (nSPS) is 11.5. The Kier molecular flexibility index (Phi) is 6.32. The van der Waals surface area contributed by atoms with Gasteiger partial charge in [0.05, 0.1) is 31.3 Å². The Hall–Kier alpha value is -3.85. The van der Waals surface area contributed by atoms with Gasteiger partial charge in [-0.1, -0.05) is 42.5 Å². The quantitative estimate of drug-likeness (QED) is 0.288. The van der Waals surface area contributed by atoms with E-state index in [4.69, 9.17) is 10.5 Å². The van der Waals surface area contributed by atoms with Gasteiger partial charge in [-0.05, 0) is 31.0 Å². The molecule has 0 spiro atoms. The first kappa shape index (κ1) is 22.3. The van der Waals surface area contributed by atoms with Crippen molar-refractivity contribution >= 4 is 28.6 Å². The number of hydrogen-bond donors (Lipinski definition) is 4. The van der Waals surface area contributed by atoms with Crippen molar-refractivity contribution in [2.24, 2.45) is 0 Å². The molecule has 0 saturated carbocycles. The number of aromatic nitrogens is 4. The molecule has 9 heteroatoms. The van der Waals surface area contributed by atoms with E-state index >= 15 is 0 Å². The van der Waals surface area contributed by atoms with E-state index in [9.17, 15) is 5.11 Å². The Morgan fingerprint density at radius 3 is 2.58 bits per heavy atom. The second-order valence-electron chi connectivity index (χ2n) is 8.48. The van der Waals surface area contributed by atoms with Crippen molar-refractivity contribution in [1.29, 1.82) is 0 Å². The van der Waals surface area contributed by atoms with Gasteiger partial charge in [-0.15, -0.1) is 0 Å². The van der Waals surface area contributed by atoms with Gasteiger partial charge in [-0.25, -0.2) is 4.98 Å². The number of nitrogens with one attached hydrogen (secondary N) is 2. The summed E-state index contributed by atoms with van der Waals surface area (Å²) < 4.78 is 7.30. The standard InChI is InChI=1S/C24H29N7O2/c1-24(2,32)14-27-23-29-21(26-12-17-10-7-11-18(33-3)19(17)25)20-22(30-23)31(15-28-20)13-16-8-5-4-6-9-16/h4-11,15,32H,12-14,25H2,1-3H3,(H2,26,27,29,30). The van der Waals surface area contributed by atoms with E-state index in [-0.39, 0.29) is 0 Å². The van der Waals surface area contributed by atoms with Gasteiger partial charge in [0.25, 0.3) is 0 Å². The van der Waals surface area contributed by atoms with Crippen molar-refractivity contribution in [2.75, 3.05) is 30.0 Å². The topological polar surface area (TPSA) is 123 Å². The average molecular weight is 448 g/mol. The molecular weight excluding hydrogens is 418 g/mol. The minimum absolute atomic E-state index is 0.299. The maximum absolute atomic E-state index is 10.1. The van der Waals surface area contributed by atoms with Gasteiger partial charge in [-0.2, -0.15) is 9.97 Å². The molecule has 9 nitrogen and oxygen atoms in total. The third-order valence-corrected chi connectivity index (χ3v) is 5.16. The maximum Gasteiger partial charge on any atom is 0.226 e. The van der Waals surface area contributed by atoms with Gasteiger partial charge in [0.2, 0.25) is 5.95 Å². The fraction of sp³-hybridized carbons (Fsp3) is 0.292. The van der Waals surface area contributed by atoms with Crippen LogP contribution in [-0.4, -0.2) is 43.9 Å². The van der Waals surface area contributed by atoms with Crippen molar-refractivity contribution in [1.82, 2.24) is 19.5 Å². The Balaban J connectivity index is 1.68. The van der Waals surface area contributed by atoms with Crippen molar-refractivity contribution in [3.8, 4) is 5.75 Å². The average Bonchev–Trinajstić information content (AvgIpc) is 3.20. The predicted octanol–water partition coefficient (Wildman–Crippen LogP) is 3.26. The number of nitrogen functional groups attached to an aromatic ring is 1. The Morgan fingerprint density at radius 2 is 1.85 bits per heavy atom. The number of fused-ring (bicyclic) bond motifs is 1. The molecule has 0 unspecified atom stereocenters. The highest BCUT2D eigenvalue weighted by Gasteiger charge is 2.17. The monoisotopic (exact) mass is 447 g/mol. The van der Waals surface area contributed by atoms with Crippen LogP contribution in [0.4, 0.5) is 17.5 Å². The molecule has 0 aliphatic rings. The molecule has 0 amide bonds. The summed E-state index contributed by atoms with van der Waals surface area (Å²) >= 11 is 0. The summed E-state index contributed by atoms with van der Waals surface area (Å²) in [5, 5.41) is 16.6. The molecule has 0 atom stereocenters. The lowest BCUT2D eigenvalue weighted by Gasteiger charge is -2.18. The number of nitrogens with zero attached hydrogens (tertiary/aromatic N) is 4. The van der Waals surface area contributed by atoms with E-state index < -0.39 is 5.60 Å². The highest BCUT2D eigenvalue weighted by molar-refractivity contribution is 5.84. The van der Waals surface area contributed by atoms with E-state index in [0.717, 1.165) is 11.1 Å². The van der Waals surface area contributed by atoms with E-state index in [0.29, 0.717) is 54.0 Å². The highest BCUT2D eigenvalue weighted by atomic mass is 16.5. The zero-order valence-electron chi connectivity index (χ0n) is 19.0. The number of imidazole rings is 1. The lowest BCUT2D eigenvalue weighted by Crippen LogP contribution is -2.30. The minimum atomic E-state index is -0.911. The zero-order valence-corrected chi connectivity index (χ0v) is 19.0. The number of methoxy groups -OCH3 is 1. The molecule has 5 N–H and O–H groups in total. The van der Waals surface area contributed by atoms with Crippen LogP contribution in [0.5, 0.6) is 5.75 Å². The summed E-state index contributed by atoms with van der Waals surface area (Å²) in [6.45, 7) is 4.81. The molecule has 33 heavy (non-hydrogen) atoms. The number of para-hydroxylation sites is 1. The van der Waals surface area contributed by atoms with Crippen molar-refractivity contribution in [2.45, 2.75) is 32.5 Å². The summed E-state index contributed by atoms with van der Waals surface area (Å²) in [7, 11) is 1.59. The van der Waals surface area contributed by atoms with Crippen LogP contribution >= 0.6 is 0 Å². The number of benzene rings is 2. The Bertz CT molecular complexity index is 1230. The molecule has 4 rings (SSSR count). The SMILES string of the molecule is COc1cccc(CNc2nc(NCC(C)(C)O)nc3c2ncn3Cc2ccccc2)c1N. The first-order chi connectivity index (χ1) is 15.8. The van der Waals surface area contributed by atoms with Crippen LogP contribution in [0, 0.1) is 0 Å². The highest BCUT2D eigenvalue weighted by Crippen LogP contribution is 2.27. The van der Waals surface area contributed by atoms with Crippen LogP contribution in [-0.2, 0) is 13.1 Å². The third-order valence-electron chi connectivity index (χ3n) is 5.16. The van der Waals surface area contributed by atoms with Gasteiger partial charge in [0, 0.05) is 13.1 Å². The summed E-state index contributed by atoms with van der Waals surface area (Å²) in [4.78, 5) is 13.9. The van der Waals surface area contributed by atoms with Crippen LogP contribution in [0.25, 0.3) is 11.2 Å². The number of ether oxygens (including phenoxy) is 1. The maximum atomic E-state index is 10.1. The van der Waals surface area contributed by atoms with Crippen molar-refractivity contribution in [3.05, 3.63) is 66.0 Å². The molecule has 2 aromatic carbocycles. The predicted molar refractivity (Wildman–Crippen MR) is 130 cm³/mol. The van der Waals surface area contributed by atoms with E-state index in [1.54, 1.807) is 27.3 Å². The van der Waals surface area contributed by atoms with Gasteiger partial charge < -0.3 is 30.8 Å². The minimum Gasteiger partial charge on any atom is -0.495 e. The second kappa shape index (κ2) is 9.33. The van der Waals surface area contributed by atoms with Crippen LogP contribution in [0.3, 0.4) is 0 Å². The molecule has 2 heterocycles. The van der Waals surface area contributed by atoms with Gasteiger partial charge >= 0.3 is 0 Å². The van der Waals surface area contributed by atoms with E-state index in [2.05, 4.69) is 37.7 Å². The summed E-state index contributed by atoms with van der Waals surface area (Å²) in [5.41, 5.74) is 9.26. The first-order valence-electron chi connectivity index (χ1n) is 10.7. The first-order valence-corrected chi connectivity index (χ1v) is 10.7. The smallest absolute Gasteiger partial charge is 0.226 e. The van der Waals surface area contributed by atoms with Crippen LogP contribution in [0.15, 0.2) is 54.9 Å². The molecular formula is C24H29N7O2. The van der Waals surface area contributed by atoms with Crippen molar-refractivity contribution in [3.63, 3.8) is 0 Å². The number of nitrogens with two attached hydrogens (primary N) is 1. The van der Waals surface area contributed by atoms with Crippen LogP contribution < -0.4 is 21.1 Å². The molecule has 0 bridgehead atoms. The molecule has 2 aromatic heterocycles. The lowest BCUT2D eigenvalue weighted by molar-refractivity contribution is 0.0943. The molecule has 0 radical (unpaired) electrons. The fourth-order valence-corrected chi connectivity index (χ4v) is 3.44. The number of hydrogen-bond acceptors (Lipinski definition) is 8. The summed E-state index contributed by atoms with van der Waals surface area (Å²) in [6.07, 6.45) is 1.76. The lowest BCUT2D eigenvalue weighted by atomic mass is 10.1. The third kappa shape index (κ3) is 5.32. The number of rotatable bonds is 9. The van der Waals surface area contributed by atoms with Crippen LogP contribution in [0.1, 0.15) is 25.0 Å². The molecule has 4 aromatic rings. The Morgan fingerprint density at radius 1 is 1.06 bits per heavy atom. The Labute approximate surface area is 192 Å². The second-order valence-corrected chi connectivity index (χ2v) is 8.48. The largest absolute Gasteiger partial charge is 0.495 e. The fourth-order valence-electron chi connectivity index (χ4n) is 3.44. The summed E-state index contributed by atoms with van der Waals surface area (Å²) in [5.74, 6) is 1.61. The molecule has 172 valence electrons. The van der Waals surface area contributed by atoms with Gasteiger partial charge in [0.1, 0.15) is 5.75 Å². The molecule has 0 aliphatic heterocycles. The molecule has 0 saturated heterocycles. The number of aliphatic hydroxyl groups is 1. The molecule has 0 fully saturated rings. The van der Waals surface area contributed by atoms with Crippen LogP contribution in [0.2, 0.25) is 0 Å². The summed E-state index contributed by atoms with van der Waals surface area (Å²) in [6, 6.07) is 15.8. The zero-order chi connectivity index (χ0) is 23.4. The van der Waals surface area contributed by atoms with Crippen molar-refractivity contribution < 1.29 is 9.84 Å². The van der Waals surface area contributed by atoms with Gasteiger partial charge in [0.15, 0.2) is 17.0 Å². The molecule has 0 aliphatic carbocycles. The number of anilines is 3. The van der Waals surface area contributed by atoms with Gasteiger partial charge in [-0.3, -0.25) is 0 Å².